The minimum Gasteiger partial charge on any atom is -0.508 e. The molecule has 21 heavy (non-hydrogen) atoms. The van der Waals surface area contributed by atoms with Crippen molar-refractivity contribution < 1.29 is 9.90 Å². The molecule has 114 valence electrons. The number of rotatable bonds is 2. The normalized spacial score (nSPS) is 23.4. The summed E-state index contributed by atoms with van der Waals surface area (Å²) >= 11 is 0. The highest BCUT2D eigenvalue weighted by Crippen LogP contribution is 2.25. The number of benzene rings is 1. The summed E-state index contributed by atoms with van der Waals surface area (Å²) in [5.41, 5.74) is 6.71. The highest BCUT2D eigenvalue weighted by Gasteiger charge is 2.31. The van der Waals surface area contributed by atoms with E-state index in [-0.39, 0.29) is 11.7 Å². The molecule has 5 nitrogen and oxygen atoms in total. The molecule has 0 bridgehead atoms. The second-order valence-corrected chi connectivity index (χ2v) is 6.06. The summed E-state index contributed by atoms with van der Waals surface area (Å²) in [5, 5.41) is 9.55. The Morgan fingerprint density at radius 2 is 1.95 bits per heavy atom. The summed E-state index contributed by atoms with van der Waals surface area (Å²) in [6, 6.07) is 5.03. The van der Waals surface area contributed by atoms with Gasteiger partial charge in [0.15, 0.2) is 0 Å². The molecule has 1 unspecified atom stereocenters. The van der Waals surface area contributed by atoms with Crippen LogP contribution in [0.5, 0.6) is 5.75 Å². The fourth-order valence-electron chi connectivity index (χ4n) is 3.41. The number of carbonyl (C=O) groups is 1. The number of likely N-dealkylation sites (tertiary alicyclic amines) is 2. The van der Waals surface area contributed by atoms with Gasteiger partial charge in [-0.1, -0.05) is 6.42 Å². The first kappa shape index (κ1) is 14.2. The van der Waals surface area contributed by atoms with Crippen molar-refractivity contribution in [1.82, 2.24) is 9.80 Å². The van der Waals surface area contributed by atoms with Gasteiger partial charge in [0.1, 0.15) is 5.75 Å². The number of aromatic hydroxyl groups is 1. The van der Waals surface area contributed by atoms with Gasteiger partial charge in [0, 0.05) is 24.8 Å². The van der Waals surface area contributed by atoms with Crippen molar-refractivity contribution in [3.8, 4) is 5.75 Å². The number of phenols is 1. The van der Waals surface area contributed by atoms with E-state index in [0.29, 0.717) is 17.3 Å². The lowest BCUT2D eigenvalue weighted by molar-refractivity contribution is 0.0772. The third-order valence-electron chi connectivity index (χ3n) is 4.62. The van der Waals surface area contributed by atoms with Crippen LogP contribution in [0.3, 0.4) is 0 Å². The van der Waals surface area contributed by atoms with Gasteiger partial charge in [-0.3, -0.25) is 9.69 Å². The van der Waals surface area contributed by atoms with Crippen LogP contribution in [-0.2, 0) is 0 Å². The number of piperidine rings is 1. The second kappa shape index (κ2) is 5.93. The number of phenolic OH excluding ortho intramolecular Hbond substituents is 1. The molecule has 0 saturated carbocycles. The highest BCUT2D eigenvalue weighted by atomic mass is 16.3. The molecule has 5 heteroatoms. The van der Waals surface area contributed by atoms with E-state index in [4.69, 9.17) is 5.73 Å². The van der Waals surface area contributed by atoms with E-state index in [1.54, 1.807) is 6.07 Å². The number of hydrogen-bond acceptors (Lipinski definition) is 4. The molecule has 1 atom stereocenters. The Morgan fingerprint density at radius 3 is 2.71 bits per heavy atom. The molecule has 2 aliphatic rings. The maximum absolute atomic E-state index is 12.6. The second-order valence-electron chi connectivity index (χ2n) is 6.06. The summed E-state index contributed by atoms with van der Waals surface area (Å²) in [7, 11) is 0. The molecule has 0 spiro atoms. The Kier molecular flexibility index (Phi) is 4.01. The summed E-state index contributed by atoms with van der Waals surface area (Å²) < 4.78 is 0. The average Bonchev–Trinajstić information content (AvgIpc) is 3.00. The van der Waals surface area contributed by atoms with Crippen molar-refractivity contribution in [2.45, 2.75) is 31.7 Å². The van der Waals surface area contributed by atoms with Crippen LogP contribution in [0.4, 0.5) is 5.69 Å². The molecule has 0 aliphatic carbocycles. The predicted octanol–water partition coefficient (Wildman–Crippen LogP) is 1.67. The molecule has 2 saturated heterocycles. The highest BCUT2D eigenvalue weighted by molar-refractivity contribution is 5.99. The maximum atomic E-state index is 12.6. The Labute approximate surface area is 125 Å². The van der Waals surface area contributed by atoms with Gasteiger partial charge < -0.3 is 15.7 Å². The SMILES string of the molecule is Nc1ccc(O)cc1C(=O)N1CCC(N2CCCCC2)C1. The van der Waals surface area contributed by atoms with Crippen molar-refractivity contribution in [2.24, 2.45) is 0 Å². The zero-order valence-corrected chi connectivity index (χ0v) is 12.3. The van der Waals surface area contributed by atoms with Gasteiger partial charge >= 0.3 is 0 Å². The van der Waals surface area contributed by atoms with Gasteiger partial charge in [0.2, 0.25) is 0 Å². The zero-order valence-electron chi connectivity index (χ0n) is 12.3. The van der Waals surface area contributed by atoms with E-state index in [9.17, 15) is 9.90 Å². The Morgan fingerprint density at radius 1 is 1.19 bits per heavy atom. The molecule has 2 fully saturated rings. The molecule has 1 amide bonds. The van der Waals surface area contributed by atoms with Crippen molar-refractivity contribution in [1.29, 1.82) is 0 Å². The van der Waals surface area contributed by atoms with Crippen molar-refractivity contribution in [3.05, 3.63) is 23.8 Å². The van der Waals surface area contributed by atoms with E-state index < -0.39 is 0 Å². The molecule has 2 aliphatic heterocycles. The minimum absolute atomic E-state index is 0.0668. The van der Waals surface area contributed by atoms with Crippen molar-refractivity contribution in [2.75, 3.05) is 31.9 Å². The van der Waals surface area contributed by atoms with Crippen LogP contribution in [0.15, 0.2) is 18.2 Å². The fraction of sp³-hybridized carbons (Fsp3) is 0.562. The molecule has 0 radical (unpaired) electrons. The maximum Gasteiger partial charge on any atom is 0.256 e. The smallest absolute Gasteiger partial charge is 0.256 e. The fourth-order valence-corrected chi connectivity index (χ4v) is 3.41. The van der Waals surface area contributed by atoms with Gasteiger partial charge in [0.25, 0.3) is 5.91 Å². The molecular formula is C16H23N3O2. The predicted molar refractivity (Wildman–Crippen MR) is 82.3 cm³/mol. The molecule has 3 rings (SSSR count). The van der Waals surface area contributed by atoms with E-state index in [2.05, 4.69) is 4.90 Å². The summed E-state index contributed by atoms with van der Waals surface area (Å²) in [5.74, 6) is 0.0160. The molecule has 2 heterocycles. The lowest BCUT2D eigenvalue weighted by Gasteiger charge is -2.32. The van der Waals surface area contributed by atoms with Gasteiger partial charge in [-0.05, 0) is 50.6 Å². The molecule has 1 aromatic rings. The lowest BCUT2D eigenvalue weighted by atomic mass is 10.1. The standard InChI is InChI=1S/C16H23N3O2/c17-15-5-4-13(20)10-14(15)16(21)19-9-6-12(11-19)18-7-2-1-3-8-18/h4-5,10,12,20H,1-3,6-9,11,17H2. The Hall–Kier alpha value is -1.75. The Balaban J connectivity index is 1.67. The molecule has 1 aromatic carbocycles. The largest absolute Gasteiger partial charge is 0.508 e. The minimum atomic E-state index is -0.0668. The topological polar surface area (TPSA) is 69.8 Å². The van der Waals surface area contributed by atoms with Gasteiger partial charge in [-0.15, -0.1) is 0 Å². The van der Waals surface area contributed by atoms with E-state index in [1.165, 1.54) is 31.4 Å². The number of hydrogen-bond donors (Lipinski definition) is 2. The van der Waals surface area contributed by atoms with Crippen LogP contribution in [0.25, 0.3) is 0 Å². The number of carbonyl (C=O) groups excluding carboxylic acids is 1. The van der Waals surface area contributed by atoms with Crippen LogP contribution >= 0.6 is 0 Å². The van der Waals surface area contributed by atoms with Gasteiger partial charge in [-0.25, -0.2) is 0 Å². The lowest BCUT2D eigenvalue weighted by Crippen LogP contribution is -2.41. The number of amides is 1. The third-order valence-corrected chi connectivity index (χ3v) is 4.62. The van der Waals surface area contributed by atoms with E-state index in [0.717, 1.165) is 32.6 Å². The quantitative estimate of drug-likeness (QED) is 0.642. The van der Waals surface area contributed by atoms with Crippen molar-refractivity contribution in [3.63, 3.8) is 0 Å². The average molecular weight is 289 g/mol. The van der Waals surface area contributed by atoms with Crippen LogP contribution in [-0.4, -0.2) is 53.0 Å². The summed E-state index contributed by atoms with van der Waals surface area (Å²) in [4.78, 5) is 16.9. The molecule has 3 N–H and O–H groups in total. The van der Waals surface area contributed by atoms with Crippen LogP contribution in [0.2, 0.25) is 0 Å². The van der Waals surface area contributed by atoms with Gasteiger partial charge in [0.05, 0.1) is 5.56 Å². The van der Waals surface area contributed by atoms with E-state index >= 15 is 0 Å². The number of anilines is 1. The van der Waals surface area contributed by atoms with Crippen LogP contribution < -0.4 is 5.73 Å². The monoisotopic (exact) mass is 289 g/mol. The molecular weight excluding hydrogens is 266 g/mol. The van der Waals surface area contributed by atoms with Gasteiger partial charge in [-0.2, -0.15) is 0 Å². The first-order valence-corrected chi connectivity index (χ1v) is 7.77. The van der Waals surface area contributed by atoms with E-state index in [1.807, 2.05) is 4.90 Å². The summed E-state index contributed by atoms with van der Waals surface area (Å²) in [6.45, 7) is 3.85. The zero-order chi connectivity index (χ0) is 14.8. The molecule has 0 aromatic heterocycles. The van der Waals surface area contributed by atoms with Crippen LogP contribution in [0.1, 0.15) is 36.0 Å². The number of nitrogens with two attached hydrogens (primary N) is 1. The third kappa shape index (κ3) is 2.97. The van der Waals surface area contributed by atoms with Crippen molar-refractivity contribution >= 4 is 11.6 Å². The summed E-state index contributed by atoms with van der Waals surface area (Å²) in [6.07, 6.45) is 4.89. The first-order chi connectivity index (χ1) is 10.1. The number of nitrogen functional groups attached to an aromatic ring is 1. The Bertz CT molecular complexity index is 526. The van der Waals surface area contributed by atoms with Crippen LogP contribution in [0, 0.1) is 0 Å². The first-order valence-electron chi connectivity index (χ1n) is 7.77. The number of nitrogens with zero attached hydrogens (tertiary/aromatic N) is 2.